The minimum absolute atomic E-state index is 0.133. The van der Waals surface area contributed by atoms with Gasteiger partial charge in [-0.1, -0.05) is 26.2 Å². The number of hydrogen-bond acceptors (Lipinski definition) is 4. The van der Waals surface area contributed by atoms with E-state index in [1.54, 1.807) is 6.92 Å². The van der Waals surface area contributed by atoms with Gasteiger partial charge in [0.2, 0.25) is 0 Å². The zero-order chi connectivity index (χ0) is 15.1. The minimum atomic E-state index is -1.20. The Morgan fingerprint density at radius 2 is 2.05 bits per heavy atom. The van der Waals surface area contributed by atoms with Gasteiger partial charge in [0.25, 0.3) is 5.69 Å². The lowest BCUT2D eigenvalue weighted by atomic mass is 10.1. The van der Waals surface area contributed by atoms with Crippen molar-refractivity contribution in [1.29, 1.82) is 0 Å². The monoisotopic (exact) mass is 281 g/mol. The molecule has 1 aromatic carbocycles. The van der Waals surface area contributed by atoms with Gasteiger partial charge in [-0.25, -0.2) is 4.79 Å². The Kier molecular flexibility index (Phi) is 5.96. The van der Waals surface area contributed by atoms with Crippen molar-refractivity contribution < 1.29 is 19.6 Å². The lowest BCUT2D eigenvalue weighted by molar-refractivity contribution is -0.385. The number of carboxylic acids is 1. The van der Waals surface area contributed by atoms with E-state index in [0.717, 1.165) is 31.7 Å². The van der Waals surface area contributed by atoms with Crippen LogP contribution in [0.15, 0.2) is 12.1 Å². The van der Waals surface area contributed by atoms with E-state index in [9.17, 15) is 14.9 Å². The van der Waals surface area contributed by atoms with E-state index in [-0.39, 0.29) is 17.0 Å². The largest absolute Gasteiger partial charge is 0.493 e. The van der Waals surface area contributed by atoms with Gasteiger partial charge in [-0.15, -0.1) is 0 Å². The van der Waals surface area contributed by atoms with Gasteiger partial charge in [0.15, 0.2) is 0 Å². The summed E-state index contributed by atoms with van der Waals surface area (Å²) in [6.07, 6.45) is 4.09. The Hall–Kier alpha value is -2.11. The molecule has 0 aromatic heterocycles. The van der Waals surface area contributed by atoms with Crippen molar-refractivity contribution in [2.24, 2.45) is 0 Å². The number of carbonyl (C=O) groups is 1. The Labute approximate surface area is 117 Å². The number of rotatable bonds is 8. The van der Waals surface area contributed by atoms with E-state index in [1.165, 1.54) is 6.07 Å². The lowest BCUT2D eigenvalue weighted by Crippen LogP contribution is -2.05. The van der Waals surface area contributed by atoms with Gasteiger partial charge in [0.05, 0.1) is 22.7 Å². The smallest absolute Gasteiger partial charge is 0.336 e. The molecule has 6 heteroatoms. The Bertz CT molecular complexity index is 499. The van der Waals surface area contributed by atoms with Crippen LogP contribution in [0.25, 0.3) is 0 Å². The van der Waals surface area contributed by atoms with Gasteiger partial charge in [-0.05, 0) is 19.4 Å². The maximum absolute atomic E-state index is 11.0. The second kappa shape index (κ2) is 7.47. The van der Waals surface area contributed by atoms with Crippen LogP contribution in [0.1, 0.15) is 48.5 Å². The molecule has 0 atom stereocenters. The van der Waals surface area contributed by atoms with Gasteiger partial charge in [0.1, 0.15) is 5.75 Å². The number of nitro benzene ring substituents is 1. The van der Waals surface area contributed by atoms with Gasteiger partial charge in [-0.2, -0.15) is 0 Å². The highest BCUT2D eigenvalue weighted by atomic mass is 16.6. The molecule has 0 unspecified atom stereocenters. The molecular weight excluding hydrogens is 262 g/mol. The molecule has 1 aromatic rings. The van der Waals surface area contributed by atoms with Crippen molar-refractivity contribution in [2.45, 2.75) is 39.5 Å². The van der Waals surface area contributed by atoms with Crippen LogP contribution in [0.3, 0.4) is 0 Å². The maximum atomic E-state index is 11.0. The first kappa shape index (κ1) is 15.9. The van der Waals surface area contributed by atoms with Crippen LogP contribution in [0, 0.1) is 17.0 Å². The molecule has 0 heterocycles. The number of aromatic carboxylic acids is 1. The molecule has 0 aliphatic heterocycles. The van der Waals surface area contributed by atoms with Crippen LogP contribution in [0.4, 0.5) is 5.69 Å². The van der Waals surface area contributed by atoms with E-state index >= 15 is 0 Å². The molecule has 0 bridgehead atoms. The summed E-state index contributed by atoms with van der Waals surface area (Å²) in [4.78, 5) is 21.3. The molecular formula is C14H19NO5. The summed E-state index contributed by atoms with van der Waals surface area (Å²) in [5.41, 5.74) is -0.00481. The van der Waals surface area contributed by atoms with Gasteiger partial charge < -0.3 is 9.84 Å². The van der Waals surface area contributed by atoms with Gasteiger partial charge >= 0.3 is 5.97 Å². The Morgan fingerprint density at radius 1 is 1.35 bits per heavy atom. The highest BCUT2D eigenvalue weighted by Gasteiger charge is 2.19. The molecule has 0 aliphatic rings. The number of nitro groups is 1. The molecule has 20 heavy (non-hydrogen) atoms. The molecule has 0 aliphatic carbocycles. The van der Waals surface area contributed by atoms with E-state index in [4.69, 9.17) is 9.84 Å². The number of hydrogen-bond donors (Lipinski definition) is 1. The SMILES string of the molecule is CCCCCCOc1cc(C(=O)O)cc([N+](=O)[O-])c1C. The molecule has 0 saturated carbocycles. The summed E-state index contributed by atoms with van der Waals surface area (Å²) in [5.74, 6) is -0.933. The summed E-state index contributed by atoms with van der Waals surface area (Å²) in [6, 6.07) is 2.39. The zero-order valence-corrected chi connectivity index (χ0v) is 11.7. The average Bonchev–Trinajstić information content (AvgIpc) is 2.39. The van der Waals surface area contributed by atoms with Crippen LogP contribution < -0.4 is 4.74 Å². The zero-order valence-electron chi connectivity index (χ0n) is 11.7. The predicted octanol–water partition coefficient (Wildman–Crippen LogP) is 3.56. The molecule has 0 radical (unpaired) electrons. The quantitative estimate of drug-likeness (QED) is 0.447. The average molecular weight is 281 g/mol. The third-order valence-corrected chi connectivity index (χ3v) is 3.03. The van der Waals surface area contributed by atoms with Crippen LogP contribution >= 0.6 is 0 Å². The molecule has 6 nitrogen and oxygen atoms in total. The van der Waals surface area contributed by atoms with E-state index in [2.05, 4.69) is 6.92 Å². The maximum Gasteiger partial charge on any atom is 0.336 e. The van der Waals surface area contributed by atoms with Crippen LogP contribution in [0.2, 0.25) is 0 Å². The van der Waals surface area contributed by atoms with E-state index < -0.39 is 10.9 Å². The van der Waals surface area contributed by atoms with Crippen LogP contribution in [-0.2, 0) is 0 Å². The fourth-order valence-corrected chi connectivity index (χ4v) is 1.85. The topological polar surface area (TPSA) is 89.7 Å². The predicted molar refractivity (Wildman–Crippen MR) is 74.4 cm³/mol. The van der Waals surface area contributed by atoms with Gasteiger partial charge in [-0.3, -0.25) is 10.1 Å². The van der Waals surface area contributed by atoms with Crippen molar-refractivity contribution in [1.82, 2.24) is 0 Å². The Morgan fingerprint density at radius 3 is 2.60 bits per heavy atom. The van der Waals surface area contributed by atoms with Crippen molar-refractivity contribution in [3.63, 3.8) is 0 Å². The molecule has 0 amide bonds. The number of unbranched alkanes of at least 4 members (excludes halogenated alkanes) is 3. The van der Waals surface area contributed by atoms with Crippen molar-refractivity contribution in [3.05, 3.63) is 33.4 Å². The standard InChI is InChI=1S/C14H19NO5/c1-3-4-5-6-7-20-13-9-11(14(16)17)8-12(10(13)2)15(18)19/h8-9H,3-7H2,1-2H3,(H,16,17). The number of nitrogens with zero attached hydrogens (tertiary/aromatic N) is 1. The minimum Gasteiger partial charge on any atom is -0.493 e. The number of ether oxygens (including phenoxy) is 1. The fraction of sp³-hybridized carbons (Fsp3) is 0.500. The molecule has 1 rings (SSSR count). The first-order valence-corrected chi connectivity index (χ1v) is 6.62. The van der Waals surface area contributed by atoms with E-state index in [1.807, 2.05) is 0 Å². The summed E-state index contributed by atoms with van der Waals surface area (Å²) in [6.45, 7) is 4.09. The fourth-order valence-electron chi connectivity index (χ4n) is 1.85. The second-order valence-electron chi connectivity index (χ2n) is 4.59. The summed E-state index contributed by atoms with van der Waals surface area (Å²) in [5, 5.41) is 19.9. The summed E-state index contributed by atoms with van der Waals surface area (Å²) in [7, 11) is 0. The highest BCUT2D eigenvalue weighted by molar-refractivity contribution is 5.89. The van der Waals surface area contributed by atoms with Crippen molar-refractivity contribution in [3.8, 4) is 5.75 Å². The number of benzene rings is 1. The van der Waals surface area contributed by atoms with Crippen molar-refractivity contribution in [2.75, 3.05) is 6.61 Å². The molecule has 0 spiro atoms. The van der Waals surface area contributed by atoms with Crippen LogP contribution in [-0.4, -0.2) is 22.6 Å². The highest BCUT2D eigenvalue weighted by Crippen LogP contribution is 2.29. The summed E-state index contributed by atoms with van der Waals surface area (Å²) >= 11 is 0. The first-order valence-electron chi connectivity index (χ1n) is 6.62. The Balaban J connectivity index is 2.88. The third-order valence-electron chi connectivity index (χ3n) is 3.03. The molecule has 1 N–H and O–H groups in total. The molecule has 0 fully saturated rings. The molecule has 110 valence electrons. The summed E-state index contributed by atoms with van der Waals surface area (Å²) < 4.78 is 5.50. The number of carboxylic acid groups (broad SMARTS) is 1. The lowest BCUT2D eigenvalue weighted by Gasteiger charge is -2.10. The third kappa shape index (κ3) is 4.22. The van der Waals surface area contributed by atoms with Gasteiger partial charge in [0, 0.05) is 6.07 Å². The second-order valence-corrected chi connectivity index (χ2v) is 4.59. The normalized spacial score (nSPS) is 10.3. The molecule has 0 saturated heterocycles. The van der Waals surface area contributed by atoms with Crippen LogP contribution in [0.5, 0.6) is 5.75 Å². The first-order chi connectivity index (χ1) is 9.47. The van der Waals surface area contributed by atoms with Crippen molar-refractivity contribution >= 4 is 11.7 Å². The van der Waals surface area contributed by atoms with E-state index in [0.29, 0.717) is 12.2 Å².